The Bertz CT molecular complexity index is 10500. The van der Waals surface area contributed by atoms with Crippen molar-refractivity contribution in [3.05, 3.63) is 460 Å². The molecule has 14 heteroatoms. The highest BCUT2D eigenvalue weighted by molar-refractivity contribution is 7.27. The van der Waals surface area contributed by atoms with Crippen molar-refractivity contribution in [1.29, 1.82) is 0 Å². The lowest BCUT2D eigenvalue weighted by Crippen LogP contribution is -2.16. The van der Waals surface area contributed by atoms with Crippen LogP contribution in [0.25, 0.3) is 270 Å². The van der Waals surface area contributed by atoms with Gasteiger partial charge >= 0.3 is 0 Å². The first-order valence-electron chi connectivity index (χ1n) is 48.3. The minimum Gasteiger partial charge on any atom is -0.308 e. The molecular weight excluding hydrogens is 1820 g/mol. The fourth-order valence-corrected chi connectivity index (χ4v) is 27.4. The van der Waals surface area contributed by atoms with Crippen LogP contribution in [0, 0.1) is 0 Å². The van der Waals surface area contributed by atoms with Crippen molar-refractivity contribution in [3.8, 4) is 102 Å². The lowest BCUT2D eigenvalue weighted by atomic mass is 9.81. The number of fused-ring (bicyclic) bond motifs is 30. The van der Waals surface area contributed by atoms with Crippen molar-refractivity contribution in [2.24, 2.45) is 0 Å². The van der Waals surface area contributed by atoms with Crippen LogP contribution in [0.15, 0.2) is 449 Å². The summed E-state index contributed by atoms with van der Waals surface area (Å²) in [6.07, 6.45) is 0. The number of rotatable bonds is 10. The van der Waals surface area contributed by atoms with Gasteiger partial charge in [0.15, 0.2) is 17.5 Å². The van der Waals surface area contributed by atoms with Gasteiger partial charge in [-0.15, -0.1) is 45.3 Å². The number of hydrogen-bond donors (Lipinski definition) is 0. The predicted octanol–water partition coefficient (Wildman–Crippen LogP) is 35.6. The van der Waals surface area contributed by atoms with Gasteiger partial charge in [-0.1, -0.05) is 366 Å². The molecular formula is C129H80N10S4. The van der Waals surface area contributed by atoms with E-state index < -0.39 is 0 Å². The van der Waals surface area contributed by atoms with Crippen molar-refractivity contribution < 1.29 is 0 Å². The fraction of sp³-hybridized carbons (Fsp3) is 0.0233. The van der Waals surface area contributed by atoms with Gasteiger partial charge in [-0.3, -0.25) is 0 Å². The molecule has 0 N–H and O–H groups in total. The third-order valence-electron chi connectivity index (χ3n) is 29.0. The molecule has 0 spiro atoms. The lowest BCUT2D eigenvalue weighted by molar-refractivity contribution is 0.664. The van der Waals surface area contributed by atoms with Crippen LogP contribution < -0.4 is 0 Å². The zero-order chi connectivity index (χ0) is 94.2. The van der Waals surface area contributed by atoms with E-state index in [0.717, 1.165) is 132 Å². The van der Waals surface area contributed by atoms with E-state index in [9.17, 15) is 0 Å². The molecule has 143 heavy (non-hydrogen) atoms. The first-order valence-corrected chi connectivity index (χ1v) is 51.6. The molecule has 0 bridgehead atoms. The zero-order valence-electron chi connectivity index (χ0n) is 77.3. The van der Waals surface area contributed by atoms with Crippen LogP contribution in [0.2, 0.25) is 0 Å². The molecule has 11 aromatic heterocycles. The number of hydrogen-bond acceptors (Lipinski definition) is 10. The Kier molecular flexibility index (Phi) is 19.0. The van der Waals surface area contributed by atoms with Crippen molar-refractivity contribution in [2.45, 2.75) is 19.3 Å². The molecule has 10 nitrogen and oxygen atoms in total. The third-order valence-corrected chi connectivity index (χ3v) is 33.7. The van der Waals surface area contributed by atoms with E-state index >= 15 is 0 Å². The van der Waals surface area contributed by atoms with E-state index in [0.29, 0.717) is 5.82 Å². The summed E-state index contributed by atoms with van der Waals surface area (Å²) in [5.74, 6) is 2.17. The summed E-state index contributed by atoms with van der Waals surface area (Å²) in [4.78, 5) is 32.2. The van der Waals surface area contributed by atoms with Gasteiger partial charge in [0.1, 0.15) is 0 Å². The molecule has 0 unspecified atom stereocenters. The van der Waals surface area contributed by atoms with E-state index in [1.165, 1.54) is 143 Å². The molecule has 0 amide bonds. The molecule has 30 aromatic rings. The average Bonchev–Trinajstić information content (AvgIpc) is 1.54. The molecule has 0 fully saturated rings. The molecule has 31 rings (SSSR count). The molecule has 1 aliphatic rings. The Morgan fingerprint density at radius 1 is 0.196 bits per heavy atom. The second-order valence-corrected chi connectivity index (χ2v) is 41.5. The van der Waals surface area contributed by atoms with E-state index in [1.807, 2.05) is 11.3 Å². The van der Waals surface area contributed by atoms with Gasteiger partial charge in [-0.2, -0.15) is 0 Å². The monoisotopic (exact) mass is 1900 g/mol. The van der Waals surface area contributed by atoms with Gasteiger partial charge in [0.25, 0.3) is 0 Å². The largest absolute Gasteiger partial charge is 0.308 e. The second kappa shape index (κ2) is 32.8. The van der Waals surface area contributed by atoms with Gasteiger partial charge in [0.2, 0.25) is 0 Å². The van der Waals surface area contributed by atoms with Crippen LogP contribution in [0.3, 0.4) is 0 Å². The van der Waals surface area contributed by atoms with Crippen molar-refractivity contribution in [3.63, 3.8) is 0 Å². The maximum Gasteiger partial charge on any atom is 0.162 e. The van der Waals surface area contributed by atoms with E-state index in [4.69, 9.17) is 29.9 Å². The topological polar surface area (TPSA) is 97.1 Å². The molecule has 670 valence electrons. The minimum absolute atomic E-state index is 0.169. The highest BCUT2D eigenvalue weighted by Gasteiger charge is 2.39. The van der Waals surface area contributed by atoms with Crippen LogP contribution in [0.1, 0.15) is 25.0 Å². The molecule has 1 aliphatic carbocycles. The first kappa shape index (κ1) is 82.6. The zero-order valence-corrected chi connectivity index (χ0v) is 80.6. The normalized spacial score (nSPS) is 12.5. The Morgan fingerprint density at radius 3 is 0.909 bits per heavy atom. The number of thiophene rings is 4. The molecule has 0 aliphatic heterocycles. The standard InChI is InChI=1S/C46H28N4S.C43H29N3S.C40H23N3S2/c1-3-15-29(16-4-1)41-45-42(36-22-10-14-26-40(36)51-45)48-46(47-41)35-21-9-13-25-39(35)50-38-24-12-8-20-32(38)34-28-27-33-31-19-7-11-23-37(31)49(43(33)44(34)50)30-17-5-2-6-18-30;1-43(2)33-20-10-6-16-27(33)29-24-25-30-28-17-7-11-21-34(28)46(40(30)37(29)43)35-22-12-8-18-31(35)42-44-38(26-14-4-3-5-15-26)41-39(45-42)32-19-9-13-23-36(32)47-41;1-2-12-24(13-3-1)35-39-36(30-17-7-11-21-34(30)45-39)42-40(41-35)29-16-5-9-19-32(29)43-31-18-8-4-14-25(31)27-22-23-28-26-15-6-10-20-33(26)44-38(28)37(27)43/h1-28H;3-25H,1-2H3;1-23H. The number of nitrogens with zero attached hydrogens (tertiary/aromatic N) is 10. The highest BCUT2D eigenvalue weighted by atomic mass is 32.1. The van der Waals surface area contributed by atoms with Crippen LogP contribution in [-0.4, -0.2) is 48.2 Å². The van der Waals surface area contributed by atoms with Crippen LogP contribution in [0.4, 0.5) is 0 Å². The Balaban J connectivity index is 0.000000102. The van der Waals surface area contributed by atoms with E-state index in [1.54, 1.807) is 34.0 Å². The highest BCUT2D eigenvalue weighted by Crippen LogP contribution is 2.56. The summed E-state index contributed by atoms with van der Waals surface area (Å²) >= 11 is 7.17. The summed E-state index contributed by atoms with van der Waals surface area (Å²) in [6, 6.07) is 160. The van der Waals surface area contributed by atoms with Crippen molar-refractivity contribution >= 4 is 214 Å². The molecule has 0 saturated heterocycles. The Labute approximate surface area is 836 Å². The summed E-state index contributed by atoms with van der Waals surface area (Å²) in [7, 11) is 0. The predicted molar refractivity (Wildman–Crippen MR) is 605 cm³/mol. The second-order valence-electron chi connectivity index (χ2n) is 37.3. The summed E-state index contributed by atoms with van der Waals surface area (Å²) in [5.41, 5.74) is 31.2. The molecule has 0 atom stereocenters. The molecule has 11 heterocycles. The van der Waals surface area contributed by atoms with Gasteiger partial charge < -0.3 is 18.3 Å². The maximum atomic E-state index is 5.41. The maximum absolute atomic E-state index is 5.41. The molecule has 19 aromatic carbocycles. The fourth-order valence-electron chi connectivity index (χ4n) is 22.7. The first-order chi connectivity index (χ1) is 70.8. The van der Waals surface area contributed by atoms with Gasteiger partial charge in [-0.25, -0.2) is 29.9 Å². The average molecular weight is 1900 g/mol. The molecule has 0 radical (unpaired) electrons. The van der Waals surface area contributed by atoms with Crippen molar-refractivity contribution in [2.75, 3.05) is 0 Å². The summed E-state index contributed by atoms with van der Waals surface area (Å²) < 4.78 is 19.4. The SMILES string of the molecule is CC1(C)c2ccccc2-c2ccc3c4ccccc4n(-c4ccccc4-c4nc(-c5ccccc5)c5sc6ccccc6c5n4)c3c21.c1ccc(-c2nc(-c3ccccc3-n3c4ccccc4c4ccc5c6ccccc6n(-c6ccccc6)c5c43)nc3c2sc2ccccc23)cc1.c1ccc(-c2nc(-c3ccccc3-n3c4ccccc4c4ccc5c6ccccc6sc5c43)nc3c2sc2ccccc23)cc1. The van der Waals surface area contributed by atoms with Crippen LogP contribution >= 0.6 is 45.3 Å². The summed E-state index contributed by atoms with van der Waals surface area (Å²) in [6.45, 7) is 4.74. The Hall–Kier alpha value is -17.5. The number of para-hydroxylation sites is 8. The van der Waals surface area contributed by atoms with E-state index in [2.05, 4.69) is 481 Å². The van der Waals surface area contributed by atoms with Crippen molar-refractivity contribution in [1.82, 2.24) is 48.2 Å². The number of benzene rings is 19. The van der Waals surface area contributed by atoms with Gasteiger partial charge in [-0.05, 0) is 119 Å². The van der Waals surface area contributed by atoms with Gasteiger partial charge in [0, 0.05) is 133 Å². The van der Waals surface area contributed by atoms with E-state index in [-0.39, 0.29) is 5.41 Å². The quantitative estimate of drug-likeness (QED) is 0.135. The smallest absolute Gasteiger partial charge is 0.162 e. The molecule has 0 saturated carbocycles. The van der Waals surface area contributed by atoms with Crippen LogP contribution in [0.5, 0.6) is 0 Å². The summed E-state index contributed by atoms with van der Waals surface area (Å²) in [5, 5.41) is 16.0. The number of aromatic nitrogens is 10. The van der Waals surface area contributed by atoms with Crippen LogP contribution in [-0.2, 0) is 5.41 Å². The van der Waals surface area contributed by atoms with Gasteiger partial charge in [0.05, 0.1) is 114 Å². The third kappa shape index (κ3) is 12.8. The lowest BCUT2D eigenvalue weighted by Gasteiger charge is -2.24. The minimum atomic E-state index is -0.169. The Morgan fingerprint density at radius 2 is 0.483 bits per heavy atom.